The van der Waals surface area contributed by atoms with Gasteiger partial charge in [0.2, 0.25) is 0 Å². The molecule has 98 valence electrons. The first-order valence-electron chi connectivity index (χ1n) is 5.28. The highest BCUT2D eigenvalue weighted by Crippen LogP contribution is 2.16. The van der Waals surface area contributed by atoms with E-state index in [4.69, 9.17) is 5.26 Å². The van der Waals surface area contributed by atoms with Crippen LogP contribution in [-0.4, -0.2) is 33.0 Å². The fraction of sp³-hybridized carbons (Fsp3) is 0.417. The minimum Gasteiger partial charge on any atom is -0.372 e. The monoisotopic (exact) mass is 258 g/mol. The molecule has 0 amide bonds. The summed E-state index contributed by atoms with van der Waals surface area (Å²) in [7, 11) is 1.73. The molecule has 3 nitrogen and oxygen atoms in total. The summed E-state index contributed by atoms with van der Waals surface area (Å²) < 4.78 is 40.0. The van der Waals surface area contributed by atoms with E-state index < -0.39 is 12.8 Å². The molecule has 6 heteroatoms. The van der Waals surface area contributed by atoms with Crippen LogP contribution in [0.25, 0.3) is 0 Å². The number of nitrogens with zero attached hydrogens (tertiary/aromatic N) is 2. The van der Waals surface area contributed by atoms with Crippen molar-refractivity contribution in [2.45, 2.75) is 6.18 Å². The molecular weight excluding hydrogens is 245 g/mol. The number of hydrogen-bond acceptors (Lipinski definition) is 3. The van der Waals surface area contributed by atoms with Gasteiger partial charge in [0.25, 0.3) is 0 Å². The van der Waals surface area contributed by atoms with E-state index in [-0.39, 0.29) is 6.61 Å². The fourth-order valence-electron chi connectivity index (χ4n) is 1.33. The fourth-order valence-corrected chi connectivity index (χ4v) is 1.33. The van der Waals surface area contributed by atoms with Gasteiger partial charge in [-0.25, -0.2) is 0 Å². The molecule has 0 saturated heterocycles. The second kappa shape index (κ2) is 6.26. The van der Waals surface area contributed by atoms with Crippen molar-refractivity contribution in [3.05, 3.63) is 29.8 Å². The van der Waals surface area contributed by atoms with Crippen LogP contribution in [0.2, 0.25) is 0 Å². The van der Waals surface area contributed by atoms with Crippen LogP contribution >= 0.6 is 0 Å². The summed E-state index contributed by atoms with van der Waals surface area (Å²) in [6.07, 6.45) is -4.29. The largest absolute Gasteiger partial charge is 0.411 e. The molecule has 0 unspecified atom stereocenters. The van der Waals surface area contributed by atoms with Crippen LogP contribution in [-0.2, 0) is 4.74 Å². The number of hydrogen-bond donors (Lipinski definition) is 0. The molecule has 0 fully saturated rings. The summed E-state index contributed by atoms with van der Waals surface area (Å²) in [4.78, 5) is 1.73. The Morgan fingerprint density at radius 1 is 1.39 bits per heavy atom. The van der Waals surface area contributed by atoms with Crippen LogP contribution in [0.15, 0.2) is 24.3 Å². The second-order valence-electron chi connectivity index (χ2n) is 3.75. The summed E-state index contributed by atoms with van der Waals surface area (Å²) in [5, 5.41) is 8.73. The molecule has 18 heavy (non-hydrogen) atoms. The second-order valence-corrected chi connectivity index (χ2v) is 3.75. The normalized spacial score (nSPS) is 11.1. The van der Waals surface area contributed by atoms with Crippen molar-refractivity contribution in [1.82, 2.24) is 0 Å². The number of anilines is 1. The molecule has 0 heterocycles. The van der Waals surface area contributed by atoms with Gasteiger partial charge in [-0.2, -0.15) is 18.4 Å². The van der Waals surface area contributed by atoms with Crippen LogP contribution in [0.5, 0.6) is 0 Å². The lowest BCUT2D eigenvalue weighted by molar-refractivity contribution is -0.173. The van der Waals surface area contributed by atoms with Crippen molar-refractivity contribution in [2.24, 2.45) is 0 Å². The zero-order chi connectivity index (χ0) is 13.6. The highest BCUT2D eigenvalue weighted by molar-refractivity contribution is 5.50. The van der Waals surface area contributed by atoms with E-state index in [0.717, 1.165) is 5.69 Å². The van der Waals surface area contributed by atoms with Crippen LogP contribution in [0, 0.1) is 11.3 Å². The zero-order valence-electron chi connectivity index (χ0n) is 9.87. The Morgan fingerprint density at radius 2 is 2.11 bits per heavy atom. The SMILES string of the molecule is CN(CCOCC(F)(F)F)c1cccc(C#N)c1. The van der Waals surface area contributed by atoms with Crippen LogP contribution in [0.3, 0.4) is 0 Å². The number of halogens is 3. The Balaban J connectivity index is 2.41. The summed E-state index contributed by atoms with van der Waals surface area (Å²) in [5.74, 6) is 0. The van der Waals surface area contributed by atoms with E-state index in [1.54, 1.807) is 36.2 Å². The van der Waals surface area contributed by atoms with Crippen molar-refractivity contribution in [1.29, 1.82) is 5.26 Å². The third-order valence-corrected chi connectivity index (χ3v) is 2.25. The van der Waals surface area contributed by atoms with Crippen molar-refractivity contribution in [2.75, 3.05) is 31.7 Å². The van der Waals surface area contributed by atoms with Crippen molar-refractivity contribution < 1.29 is 17.9 Å². The zero-order valence-corrected chi connectivity index (χ0v) is 9.87. The minimum absolute atomic E-state index is 0.0210. The highest BCUT2D eigenvalue weighted by Gasteiger charge is 2.27. The van der Waals surface area contributed by atoms with Crippen LogP contribution in [0.1, 0.15) is 5.56 Å². The van der Waals surface area contributed by atoms with E-state index in [1.807, 2.05) is 6.07 Å². The first-order chi connectivity index (χ1) is 8.42. The average molecular weight is 258 g/mol. The van der Waals surface area contributed by atoms with Gasteiger partial charge in [0, 0.05) is 19.3 Å². The third-order valence-electron chi connectivity index (χ3n) is 2.25. The Hall–Kier alpha value is -1.74. The summed E-state index contributed by atoms with van der Waals surface area (Å²) in [6, 6.07) is 8.84. The van der Waals surface area contributed by atoms with Gasteiger partial charge in [0.05, 0.1) is 18.2 Å². The summed E-state index contributed by atoms with van der Waals surface area (Å²) in [5.41, 5.74) is 1.28. The Morgan fingerprint density at radius 3 is 2.72 bits per heavy atom. The van der Waals surface area contributed by atoms with E-state index in [1.165, 1.54) is 0 Å². The number of likely N-dealkylation sites (N-methyl/N-ethyl adjacent to an activating group) is 1. The maximum absolute atomic E-state index is 11.8. The number of ether oxygens (including phenoxy) is 1. The highest BCUT2D eigenvalue weighted by atomic mass is 19.4. The quantitative estimate of drug-likeness (QED) is 0.761. The van der Waals surface area contributed by atoms with Gasteiger partial charge in [-0.05, 0) is 18.2 Å². The molecule has 0 aliphatic rings. The topological polar surface area (TPSA) is 36.3 Å². The van der Waals surface area contributed by atoms with Crippen LogP contribution < -0.4 is 4.90 Å². The molecule has 0 aliphatic heterocycles. The van der Waals surface area contributed by atoms with Gasteiger partial charge in [-0.3, -0.25) is 0 Å². The molecule has 0 saturated carbocycles. The lowest BCUT2D eigenvalue weighted by Gasteiger charge is -2.19. The molecule has 0 bridgehead atoms. The molecule has 0 aliphatic carbocycles. The molecule has 0 N–H and O–H groups in total. The summed E-state index contributed by atoms with van der Waals surface area (Å²) in [6.45, 7) is -0.934. The number of rotatable bonds is 5. The van der Waals surface area contributed by atoms with E-state index in [9.17, 15) is 13.2 Å². The third kappa shape index (κ3) is 5.06. The first kappa shape index (κ1) is 14.3. The molecular formula is C12H13F3N2O. The average Bonchev–Trinajstić information content (AvgIpc) is 2.33. The molecule has 1 rings (SSSR count). The lowest BCUT2D eigenvalue weighted by atomic mass is 10.2. The maximum atomic E-state index is 11.8. The minimum atomic E-state index is -4.29. The summed E-state index contributed by atoms with van der Waals surface area (Å²) >= 11 is 0. The van der Waals surface area contributed by atoms with Gasteiger partial charge in [-0.1, -0.05) is 6.07 Å². The Kier molecular flexibility index (Phi) is 4.98. The number of alkyl halides is 3. The van der Waals surface area contributed by atoms with Gasteiger partial charge < -0.3 is 9.64 Å². The number of benzene rings is 1. The Bertz CT molecular complexity index is 426. The van der Waals surface area contributed by atoms with Crippen molar-refractivity contribution in [3.63, 3.8) is 0 Å². The van der Waals surface area contributed by atoms with Gasteiger partial charge in [-0.15, -0.1) is 0 Å². The molecule has 0 radical (unpaired) electrons. The lowest BCUT2D eigenvalue weighted by Crippen LogP contribution is -2.25. The van der Waals surface area contributed by atoms with Crippen LogP contribution in [0.4, 0.5) is 18.9 Å². The molecule has 0 spiro atoms. The van der Waals surface area contributed by atoms with E-state index >= 15 is 0 Å². The van der Waals surface area contributed by atoms with Gasteiger partial charge in [0.1, 0.15) is 6.61 Å². The first-order valence-corrected chi connectivity index (χ1v) is 5.28. The van der Waals surface area contributed by atoms with Crippen molar-refractivity contribution in [3.8, 4) is 6.07 Å². The maximum Gasteiger partial charge on any atom is 0.411 e. The molecule has 0 aromatic heterocycles. The smallest absolute Gasteiger partial charge is 0.372 e. The number of nitriles is 1. The van der Waals surface area contributed by atoms with Crippen molar-refractivity contribution >= 4 is 5.69 Å². The molecule has 1 aromatic rings. The molecule has 0 atom stereocenters. The van der Waals surface area contributed by atoms with Gasteiger partial charge in [0.15, 0.2) is 0 Å². The predicted molar refractivity (Wildman–Crippen MR) is 61.3 cm³/mol. The predicted octanol–water partition coefficient (Wildman–Crippen LogP) is 2.57. The molecule has 1 aromatic carbocycles. The van der Waals surface area contributed by atoms with E-state index in [0.29, 0.717) is 12.1 Å². The Labute approximate surface area is 103 Å². The standard InChI is InChI=1S/C12H13F3N2O/c1-17(5-6-18-9-12(13,14)15)11-4-2-3-10(7-11)8-16/h2-4,7H,5-6,9H2,1H3. The van der Waals surface area contributed by atoms with E-state index in [2.05, 4.69) is 4.74 Å². The van der Waals surface area contributed by atoms with Gasteiger partial charge >= 0.3 is 6.18 Å².